The number of aromatic nitrogens is 1. The Balaban J connectivity index is 2.24. The quantitative estimate of drug-likeness (QED) is 0.881. The van der Waals surface area contributed by atoms with Crippen LogP contribution in [0.4, 0.5) is 5.82 Å². The number of nitrogens with one attached hydrogen (secondary N) is 1. The number of sulfonamides is 1. The lowest BCUT2D eigenvalue weighted by molar-refractivity contribution is 0.567. The normalized spacial score (nSPS) is 13.1. The van der Waals surface area contributed by atoms with E-state index in [2.05, 4.69) is 25.6 Å². The molecule has 0 aliphatic rings. The van der Waals surface area contributed by atoms with Crippen molar-refractivity contribution in [3.63, 3.8) is 0 Å². The van der Waals surface area contributed by atoms with Crippen LogP contribution >= 0.6 is 15.9 Å². The highest BCUT2D eigenvalue weighted by atomic mass is 79.9. The standard InChI is InChI=1S/C13H14BrN3O2S/c1-9(10-4-6-11(14)7-5-10)17-20(18,19)12-3-2-8-16-13(12)15/h2-9,17H,1H3,(H2,15,16). The topological polar surface area (TPSA) is 85.1 Å². The van der Waals surface area contributed by atoms with Crippen molar-refractivity contribution >= 4 is 31.8 Å². The number of benzene rings is 1. The Morgan fingerprint density at radius 1 is 1.25 bits per heavy atom. The van der Waals surface area contributed by atoms with Crippen molar-refractivity contribution < 1.29 is 8.42 Å². The molecule has 1 heterocycles. The molecule has 0 bridgehead atoms. The number of anilines is 1. The number of nitrogens with zero attached hydrogens (tertiary/aromatic N) is 1. The molecule has 2 aromatic rings. The van der Waals surface area contributed by atoms with Gasteiger partial charge in [-0.1, -0.05) is 28.1 Å². The van der Waals surface area contributed by atoms with Gasteiger partial charge in [0, 0.05) is 16.7 Å². The van der Waals surface area contributed by atoms with Gasteiger partial charge in [-0.25, -0.2) is 18.1 Å². The maximum absolute atomic E-state index is 12.3. The molecule has 1 atom stereocenters. The van der Waals surface area contributed by atoms with Gasteiger partial charge in [-0.3, -0.25) is 0 Å². The molecule has 0 fully saturated rings. The van der Waals surface area contributed by atoms with E-state index in [1.54, 1.807) is 6.92 Å². The zero-order valence-corrected chi connectivity index (χ0v) is 13.1. The summed E-state index contributed by atoms with van der Waals surface area (Å²) in [5.41, 5.74) is 6.46. The number of pyridine rings is 1. The van der Waals surface area contributed by atoms with E-state index >= 15 is 0 Å². The molecule has 0 spiro atoms. The second kappa shape index (κ2) is 5.90. The lowest BCUT2D eigenvalue weighted by Gasteiger charge is -2.15. The van der Waals surface area contributed by atoms with E-state index in [0.29, 0.717) is 0 Å². The Labute approximate surface area is 126 Å². The highest BCUT2D eigenvalue weighted by molar-refractivity contribution is 9.10. The lowest BCUT2D eigenvalue weighted by atomic mass is 10.1. The average Bonchev–Trinajstić information content (AvgIpc) is 2.39. The summed E-state index contributed by atoms with van der Waals surface area (Å²) in [4.78, 5) is 3.78. The van der Waals surface area contributed by atoms with Crippen molar-refractivity contribution in [1.29, 1.82) is 0 Å². The highest BCUT2D eigenvalue weighted by Gasteiger charge is 2.21. The predicted octanol–water partition coefficient (Wildman–Crippen LogP) is 2.47. The predicted molar refractivity (Wildman–Crippen MR) is 81.5 cm³/mol. The third kappa shape index (κ3) is 3.36. The fourth-order valence-electron chi connectivity index (χ4n) is 1.75. The fourth-order valence-corrected chi connectivity index (χ4v) is 3.32. The fraction of sp³-hybridized carbons (Fsp3) is 0.154. The zero-order valence-electron chi connectivity index (χ0n) is 10.7. The van der Waals surface area contributed by atoms with E-state index in [-0.39, 0.29) is 16.8 Å². The number of rotatable bonds is 4. The maximum Gasteiger partial charge on any atom is 0.244 e. The first-order chi connectivity index (χ1) is 9.40. The van der Waals surface area contributed by atoms with Gasteiger partial charge >= 0.3 is 0 Å². The minimum atomic E-state index is -3.70. The van der Waals surface area contributed by atoms with Crippen molar-refractivity contribution in [2.24, 2.45) is 0 Å². The summed E-state index contributed by atoms with van der Waals surface area (Å²) in [6.45, 7) is 1.77. The number of hydrogen-bond donors (Lipinski definition) is 2. The molecule has 0 saturated carbocycles. The molecule has 5 nitrogen and oxygen atoms in total. The molecule has 0 aliphatic carbocycles. The maximum atomic E-state index is 12.3. The second-order valence-electron chi connectivity index (χ2n) is 4.28. The zero-order chi connectivity index (χ0) is 14.8. The minimum absolute atomic E-state index is 0.0102. The third-order valence-corrected chi connectivity index (χ3v) is 4.91. The Morgan fingerprint density at radius 2 is 1.90 bits per heavy atom. The summed E-state index contributed by atoms with van der Waals surface area (Å²) in [5.74, 6) is -0.0111. The molecule has 20 heavy (non-hydrogen) atoms. The van der Waals surface area contributed by atoms with Crippen LogP contribution < -0.4 is 10.5 Å². The molecule has 1 unspecified atom stereocenters. The molecule has 0 amide bonds. The first kappa shape index (κ1) is 15.0. The van der Waals surface area contributed by atoms with Crippen molar-refractivity contribution in [2.45, 2.75) is 17.9 Å². The Bertz CT molecular complexity index is 702. The summed E-state index contributed by atoms with van der Waals surface area (Å²) in [5, 5.41) is 0. The highest BCUT2D eigenvalue weighted by Crippen LogP contribution is 2.21. The number of nitrogen functional groups attached to an aromatic ring is 1. The molecule has 0 saturated heterocycles. The molecule has 0 aliphatic heterocycles. The van der Waals surface area contributed by atoms with Gasteiger partial charge < -0.3 is 5.73 Å². The van der Waals surface area contributed by atoms with E-state index in [1.165, 1.54) is 18.3 Å². The van der Waals surface area contributed by atoms with Gasteiger partial charge in [-0.2, -0.15) is 0 Å². The van der Waals surface area contributed by atoms with Gasteiger partial charge in [0.1, 0.15) is 10.7 Å². The van der Waals surface area contributed by atoms with Crippen LogP contribution in [0.1, 0.15) is 18.5 Å². The van der Waals surface area contributed by atoms with E-state index in [0.717, 1.165) is 10.0 Å². The van der Waals surface area contributed by atoms with E-state index in [1.807, 2.05) is 24.3 Å². The van der Waals surface area contributed by atoms with Gasteiger partial charge in [0.2, 0.25) is 10.0 Å². The summed E-state index contributed by atoms with van der Waals surface area (Å²) >= 11 is 3.34. The Kier molecular flexibility index (Phi) is 4.42. The van der Waals surface area contributed by atoms with Gasteiger partial charge in [0.15, 0.2) is 0 Å². The van der Waals surface area contributed by atoms with Gasteiger partial charge in [0.05, 0.1) is 0 Å². The lowest BCUT2D eigenvalue weighted by Crippen LogP contribution is -2.27. The van der Waals surface area contributed by atoms with Crippen molar-refractivity contribution in [1.82, 2.24) is 9.71 Å². The summed E-state index contributed by atoms with van der Waals surface area (Å²) in [7, 11) is -3.70. The Morgan fingerprint density at radius 3 is 2.50 bits per heavy atom. The third-order valence-electron chi connectivity index (χ3n) is 2.79. The van der Waals surface area contributed by atoms with Crippen molar-refractivity contribution in [3.05, 3.63) is 52.6 Å². The molecule has 106 valence electrons. The van der Waals surface area contributed by atoms with Crippen LogP contribution in [-0.2, 0) is 10.0 Å². The SMILES string of the molecule is CC(NS(=O)(=O)c1cccnc1N)c1ccc(Br)cc1. The monoisotopic (exact) mass is 355 g/mol. The molecule has 0 radical (unpaired) electrons. The molecule has 2 rings (SSSR count). The van der Waals surface area contributed by atoms with Crippen LogP contribution in [0, 0.1) is 0 Å². The van der Waals surface area contributed by atoms with Gasteiger partial charge in [-0.15, -0.1) is 0 Å². The average molecular weight is 356 g/mol. The van der Waals surface area contributed by atoms with E-state index < -0.39 is 10.0 Å². The van der Waals surface area contributed by atoms with Crippen LogP contribution in [0.5, 0.6) is 0 Å². The van der Waals surface area contributed by atoms with Gasteiger partial charge in [-0.05, 0) is 36.8 Å². The van der Waals surface area contributed by atoms with Crippen LogP contribution in [0.15, 0.2) is 52.0 Å². The van der Waals surface area contributed by atoms with Crippen LogP contribution in [-0.4, -0.2) is 13.4 Å². The summed E-state index contributed by atoms with van der Waals surface area (Å²) in [6, 6.07) is 10.0. The van der Waals surface area contributed by atoms with Crippen LogP contribution in [0.2, 0.25) is 0 Å². The smallest absolute Gasteiger partial charge is 0.244 e. The van der Waals surface area contributed by atoms with Crippen LogP contribution in [0.25, 0.3) is 0 Å². The second-order valence-corrected chi connectivity index (χ2v) is 6.88. The largest absolute Gasteiger partial charge is 0.383 e. The van der Waals surface area contributed by atoms with Crippen molar-refractivity contribution in [2.75, 3.05) is 5.73 Å². The van der Waals surface area contributed by atoms with Crippen LogP contribution in [0.3, 0.4) is 0 Å². The summed E-state index contributed by atoms with van der Waals surface area (Å²) < 4.78 is 28.1. The molecule has 1 aromatic heterocycles. The molecule has 3 N–H and O–H groups in total. The first-order valence-corrected chi connectivity index (χ1v) is 8.16. The number of hydrogen-bond acceptors (Lipinski definition) is 4. The Hall–Kier alpha value is -1.44. The van der Waals surface area contributed by atoms with Crippen molar-refractivity contribution in [3.8, 4) is 0 Å². The molecule has 7 heteroatoms. The van der Waals surface area contributed by atoms with Gasteiger partial charge in [0.25, 0.3) is 0 Å². The number of halogens is 1. The van der Waals surface area contributed by atoms with E-state index in [4.69, 9.17) is 5.73 Å². The minimum Gasteiger partial charge on any atom is -0.383 e. The summed E-state index contributed by atoms with van der Waals surface area (Å²) in [6.07, 6.45) is 1.45. The molecular weight excluding hydrogens is 342 g/mol. The van der Waals surface area contributed by atoms with E-state index in [9.17, 15) is 8.42 Å². The first-order valence-electron chi connectivity index (χ1n) is 5.88. The molecule has 1 aromatic carbocycles. The number of nitrogens with two attached hydrogens (primary N) is 1. The molecular formula is C13H14BrN3O2S.